The van der Waals surface area contributed by atoms with Crippen LogP contribution in [-0.4, -0.2) is 12.9 Å². The normalized spacial score (nSPS) is 32.2. The lowest BCUT2D eigenvalue weighted by atomic mass is 9.56. The third-order valence-electron chi connectivity index (χ3n) is 9.62. The quantitative estimate of drug-likeness (QED) is 0.354. The van der Waals surface area contributed by atoms with Gasteiger partial charge in [0.05, 0.1) is 6.61 Å². The first-order valence-corrected chi connectivity index (χ1v) is 14.5. The van der Waals surface area contributed by atoms with E-state index in [-0.39, 0.29) is 17.1 Å². The van der Waals surface area contributed by atoms with E-state index in [0.29, 0.717) is 5.92 Å². The molecule has 0 aliphatic heterocycles. The van der Waals surface area contributed by atoms with Crippen LogP contribution in [0.3, 0.4) is 0 Å². The maximum Gasteiger partial charge on any atom is 0.205 e. The highest BCUT2D eigenvalue weighted by molar-refractivity contribution is 5.30. The van der Waals surface area contributed by atoms with E-state index in [1.54, 1.807) is 0 Å². The van der Waals surface area contributed by atoms with Gasteiger partial charge in [-0.25, -0.2) is 0 Å². The Morgan fingerprint density at radius 3 is 2.12 bits per heavy atom. The molecule has 192 valence electrons. The lowest BCUT2D eigenvalue weighted by molar-refractivity contribution is -0.199. The Morgan fingerprint density at radius 2 is 1.53 bits per heavy atom. The molecule has 1 aromatic rings. The minimum absolute atomic E-state index is 0.116. The maximum absolute atomic E-state index is 6.81. The van der Waals surface area contributed by atoms with Crippen LogP contribution in [0.2, 0.25) is 0 Å². The Bertz CT molecular complexity index is 735. The molecule has 4 rings (SSSR count). The van der Waals surface area contributed by atoms with Crippen LogP contribution in [0.1, 0.15) is 124 Å². The summed E-state index contributed by atoms with van der Waals surface area (Å²) in [6, 6.07) is 8.94. The fourth-order valence-corrected chi connectivity index (χ4v) is 7.68. The predicted molar refractivity (Wildman–Crippen MR) is 143 cm³/mol. The van der Waals surface area contributed by atoms with E-state index in [2.05, 4.69) is 65.8 Å². The number of hydrogen-bond acceptors (Lipinski definition) is 2. The van der Waals surface area contributed by atoms with Gasteiger partial charge in [-0.15, -0.1) is 0 Å². The van der Waals surface area contributed by atoms with E-state index in [0.717, 1.165) is 36.0 Å². The van der Waals surface area contributed by atoms with Crippen molar-refractivity contribution in [3.05, 3.63) is 29.8 Å². The topological polar surface area (TPSA) is 18.5 Å². The van der Waals surface area contributed by atoms with Crippen molar-refractivity contribution in [1.29, 1.82) is 0 Å². The fourth-order valence-electron chi connectivity index (χ4n) is 7.68. The molecule has 0 saturated heterocycles. The summed E-state index contributed by atoms with van der Waals surface area (Å²) >= 11 is 0. The van der Waals surface area contributed by atoms with Gasteiger partial charge in [-0.05, 0) is 91.2 Å². The van der Waals surface area contributed by atoms with Gasteiger partial charge in [0.1, 0.15) is 5.75 Å². The van der Waals surface area contributed by atoms with Crippen LogP contribution in [0.15, 0.2) is 24.3 Å². The van der Waals surface area contributed by atoms with Gasteiger partial charge in [-0.1, -0.05) is 85.8 Å². The van der Waals surface area contributed by atoms with Gasteiger partial charge < -0.3 is 9.47 Å². The first-order valence-electron chi connectivity index (χ1n) is 14.5. The van der Waals surface area contributed by atoms with Crippen LogP contribution < -0.4 is 4.74 Å². The number of rotatable bonds is 8. The van der Waals surface area contributed by atoms with E-state index in [9.17, 15) is 0 Å². The molecule has 0 amide bonds. The predicted octanol–water partition coefficient (Wildman–Crippen LogP) is 9.38. The minimum Gasteiger partial charge on any atom is -0.464 e. The highest BCUT2D eigenvalue weighted by atomic mass is 16.7. The molecular formula is C32H52O2. The van der Waals surface area contributed by atoms with Crippen LogP contribution in [0.4, 0.5) is 0 Å². The zero-order chi connectivity index (χ0) is 24.3. The molecule has 4 unspecified atom stereocenters. The van der Waals surface area contributed by atoms with Gasteiger partial charge in [0.15, 0.2) is 0 Å². The summed E-state index contributed by atoms with van der Waals surface area (Å²) in [7, 11) is 0. The molecule has 0 heterocycles. The standard InChI is InChI=1S/C32H52O2/c1-23-18-27-19-24(2)21-32(20-23,22-27)30(33-17-16-26-10-8-7-9-11-26)34-29-14-12-28(13-15-29)25(3)31(4,5)6/h12-15,23-27,30H,7-11,16-22H2,1-6H3. The van der Waals surface area contributed by atoms with E-state index in [1.807, 2.05) is 0 Å². The molecule has 1 aromatic carbocycles. The average molecular weight is 469 g/mol. The largest absolute Gasteiger partial charge is 0.464 e. The summed E-state index contributed by atoms with van der Waals surface area (Å²) in [5.41, 5.74) is 1.83. The molecule has 3 aliphatic carbocycles. The van der Waals surface area contributed by atoms with Gasteiger partial charge >= 0.3 is 0 Å². The number of benzene rings is 1. The van der Waals surface area contributed by atoms with Crippen molar-refractivity contribution >= 4 is 0 Å². The Kier molecular flexibility index (Phi) is 8.38. The summed E-state index contributed by atoms with van der Waals surface area (Å²) in [5, 5.41) is 0. The van der Waals surface area contributed by atoms with Crippen LogP contribution >= 0.6 is 0 Å². The SMILES string of the molecule is CC1CC2CC(C)CC(C(OCCC3CCCCC3)Oc3ccc(C(C)C(C)(C)C)cc3)(C1)C2. The van der Waals surface area contributed by atoms with Gasteiger partial charge in [-0.2, -0.15) is 0 Å². The summed E-state index contributed by atoms with van der Waals surface area (Å²) in [4.78, 5) is 0. The third kappa shape index (κ3) is 6.40. The molecule has 0 spiro atoms. The second-order valence-electron chi connectivity index (χ2n) is 13.8. The van der Waals surface area contributed by atoms with Crippen molar-refractivity contribution in [2.45, 2.75) is 124 Å². The summed E-state index contributed by atoms with van der Waals surface area (Å²) in [6.45, 7) is 15.1. The smallest absolute Gasteiger partial charge is 0.205 e. The summed E-state index contributed by atoms with van der Waals surface area (Å²) < 4.78 is 13.6. The van der Waals surface area contributed by atoms with Crippen LogP contribution in [-0.2, 0) is 4.74 Å². The average Bonchev–Trinajstić information content (AvgIpc) is 2.77. The van der Waals surface area contributed by atoms with Crippen molar-refractivity contribution in [3.8, 4) is 5.75 Å². The number of hydrogen-bond donors (Lipinski definition) is 0. The molecule has 3 aliphatic rings. The molecule has 4 atom stereocenters. The number of fused-ring (bicyclic) bond motifs is 2. The first kappa shape index (κ1) is 26.1. The maximum atomic E-state index is 6.81. The van der Waals surface area contributed by atoms with Crippen LogP contribution in [0.25, 0.3) is 0 Å². The monoisotopic (exact) mass is 468 g/mol. The fraction of sp³-hybridized carbons (Fsp3) is 0.812. The molecular weight excluding hydrogens is 416 g/mol. The van der Waals surface area contributed by atoms with Crippen molar-refractivity contribution in [2.24, 2.45) is 34.5 Å². The Balaban J connectivity index is 1.50. The van der Waals surface area contributed by atoms with Crippen LogP contribution in [0, 0.1) is 34.5 Å². The number of ether oxygens (including phenoxy) is 2. The highest BCUT2D eigenvalue weighted by Crippen LogP contribution is 2.55. The van der Waals surface area contributed by atoms with Crippen molar-refractivity contribution in [1.82, 2.24) is 0 Å². The van der Waals surface area contributed by atoms with Gasteiger partial charge in [0, 0.05) is 5.41 Å². The molecule has 0 radical (unpaired) electrons. The van der Waals surface area contributed by atoms with Gasteiger partial charge in [0.25, 0.3) is 0 Å². The third-order valence-corrected chi connectivity index (χ3v) is 9.62. The second-order valence-corrected chi connectivity index (χ2v) is 13.8. The molecule has 2 bridgehead atoms. The molecule has 2 heteroatoms. The first-order chi connectivity index (χ1) is 16.1. The molecule has 3 saturated carbocycles. The second kappa shape index (κ2) is 10.9. The van der Waals surface area contributed by atoms with Crippen molar-refractivity contribution in [2.75, 3.05) is 6.61 Å². The Morgan fingerprint density at radius 1 is 0.912 bits per heavy atom. The summed E-state index contributed by atoms with van der Waals surface area (Å²) in [6.07, 6.45) is 14.7. The summed E-state index contributed by atoms with van der Waals surface area (Å²) in [5.74, 6) is 4.74. The zero-order valence-corrected chi connectivity index (χ0v) is 23.1. The minimum atomic E-state index is -0.116. The van der Waals surface area contributed by atoms with Gasteiger partial charge in [0.2, 0.25) is 6.29 Å². The molecule has 2 nitrogen and oxygen atoms in total. The van der Waals surface area contributed by atoms with Crippen molar-refractivity contribution < 1.29 is 9.47 Å². The lowest BCUT2D eigenvalue weighted by Gasteiger charge is -2.52. The molecule has 3 fully saturated rings. The molecule has 34 heavy (non-hydrogen) atoms. The van der Waals surface area contributed by atoms with Crippen LogP contribution in [0.5, 0.6) is 5.75 Å². The highest BCUT2D eigenvalue weighted by Gasteiger charge is 2.50. The Hall–Kier alpha value is -1.02. The Labute approximate surface area is 210 Å². The van der Waals surface area contributed by atoms with E-state index >= 15 is 0 Å². The van der Waals surface area contributed by atoms with E-state index in [1.165, 1.54) is 76.2 Å². The van der Waals surface area contributed by atoms with E-state index in [4.69, 9.17) is 9.47 Å². The molecule has 0 aromatic heterocycles. The zero-order valence-electron chi connectivity index (χ0n) is 23.1. The lowest BCUT2D eigenvalue weighted by Crippen LogP contribution is -2.50. The van der Waals surface area contributed by atoms with E-state index < -0.39 is 0 Å². The van der Waals surface area contributed by atoms with Crippen molar-refractivity contribution in [3.63, 3.8) is 0 Å². The molecule has 0 N–H and O–H groups in total. The van der Waals surface area contributed by atoms with Gasteiger partial charge in [-0.3, -0.25) is 0 Å².